The lowest BCUT2D eigenvalue weighted by Gasteiger charge is -2.39. The predicted octanol–water partition coefficient (Wildman–Crippen LogP) is 4.61. The molecule has 2 nitrogen and oxygen atoms in total. The quantitative estimate of drug-likeness (QED) is 0.603. The Morgan fingerprint density at radius 2 is 1.83 bits per heavy atom. The molecule has 3 heteroatoms. The highest BCUT2D eigenvalue weighted by atomic mass is 35.5. The molecule has 1 aliphatic carbocycles. The zero-order valence-corrected chi connectivity index (χ0v) is 12.8. The second-order valence-electron chi connectivity index (χ2n) is 5.31. The number of ether oxygens (including phenoxy) is 1. The van der Waals surface area contributed by atoms with Crippen molar-refractivity contribution in [1.82, 2.24) is 0 Å². The minimum Gasteiger partial charge on any atom is -0.493 e. The second-order valence-corrected chi connectivity index (χ2v) is 5.96. The van der Waals surface area contributed by atoms with Crippen LogP contribution in [-0.4, -0.2) is 16.8 Å². The molecule has 18 heavy (non-hydrogen) atoms. The maximum atomic E-state index is 12.2. The van der Waals surface area contributed by atoms with Gasteiger partial charge in [0.1, 0.15) is 5.76 Å². The monoisotopic (exact) mass is 272 g/mol. The average Bonchev–Trinajstić information content (AvgIpc) is 2.34. The first-order chi connectivity index (χ1) is 8.47. The van der Waals surface area contributed by atoms with Crippen LogP contribution in [0.4, 0.5) is 0 Å². The number of ketones is 1. The highest BCUT2D eigenvalue weighted by Crippen LogP contribution is 2.47. The van der Waals surface area contributed by atoms with Crippen molar-refractivity contribution in [2.75, 3.05) is 0 Å². The van der Waals surface area contributed by atoms with Crippen molar-refractivity contribution in [2.45, 2.75) is 77.2 Å². The van der Waals surface area contributed by atoms with Crippen molar-refractivity contribution in [3.63, 3.8) is 0 Å². The highest BCUT2D eigenvalue weighted by Gasteiger charge is 2.53. The number of hydrogen-bond donors (Lipinski definition) is 0. The Morgan fingerprint density at radius 3 is 2.33 bits per heavy atom. The molecular weight excluding hydrogens is 248 g/mol. The van der Waals surface area contributed by atoms with Crippen LogP contribution in [0.1, 0.15) is 66.2 Å². The van der Waals surface area contributed by atoms with Crippen LogP contribution in [0.5, 0.6) is 0 Å². The Hall–Kier alpha value is -0.500. The molecule has 1 atom stereocenters. The molecule has 104 valence electrons. The van der Waals surface area contributed by atoms with Gasteiger partial charge in [0.15, 0.2) is 10.7 Å². The van der Waals surface area contributed by atoms with Gasteiger partial charge < -0.3 is 4.74 Å². The second kappa shape index (κ2) is 6.60. The number of Topliss-reactive ketones (excluding diaryl/α,β-unsaturated/α-hetero) is 1. The third kappa shape index (κ3) is 3.09. The van der Waals surface area contributed by atoms with Crippen molar-refractivity contribution in [2.24, 2.45) is 0 Å². The van der Waals surface area contributed by atoms with Crippen LogP contribution in [0.2, 0.25) is 0 Å². The lowest BCUT2D eigenvalue weighted by molar-refractivity contribution is -0.122. The fourth-order valence-corrected chi connectivity index (χ4v) is 2.66. The summed E-state index contributed by atoms with van der Waals surface area (Å²) in [5, 5.41) is 0. The Balaban J connectivity index is 2.86. The van der Waals surface area contributed by atoms with E-state index >= 15 is 0 Å². The summed E-state index contributed by atoms with van der Waals surface area (Å²) >= 11 is 6.49. The summed E-state index contributed by atoms with van der Waals surface area (Å²) in [4.78, 5) is 11.4. The first kappa shape index (κ1) is 15.6. The molecule has 0 heterocycles. The molecule has 0 radical (unpaired) electrons. The van der Waals surface area contributed by atoms with Crippen molar-refractivity contribution in [3.8, 4) is 0 Å². The number of rotatable bonds is 8. The zero-order chi connectivity index (χ0) is 13.8. The maximum absolute atomic E-state index is 12.2. The Labute approximate surface area is 116 Å². The van der Waals surface area contributed by atoms with Crippen LogP contribution < -0.4 is 0 Å². The summed E-state index contributed by atoms with van der Waals surface area (Å²) in [6.45, 7) is 8.18. The molecule has 0 aliphatic heterocycles. The minimum atomic E-state index is -0.858. The number of hydrogen-bond acceptors (Lipinski definition) is 2. The van der Waals surface area contributed by atoms with Gasteiger partial charge in [0.2, 0.25) is 0 Å². The number of unbranched alkanes of at least 4 members (excludes halogenated alkanes) is 2. The first-order valence-corrected chi connectivity index (χ1v) is 7.49. The molecule has 1 rings (SSSR count). The number of carbonyl (C=O) groups is 1. The van der Waals surface area contributed by atoms with E-state index in [9.17, 15) is 4.79 Å². The van der Waals surface area contributed by atoms with Gasteiger partial charge in [0, 0.05) is 5.57 Å². The minimum absolute atomic E-state index is 0.0736. The first-order valence-electron chi connectivity index (χ1n) is 7.11. The van der Waals surface area contributed by atoms with Gasteiger partial charge in [0.25, 0.3) is 0 Å². The fraction of sp³-hybridized carbons (Fsp3) is 0.800. The van der Waals surface area contributed by atoms with Gasteiger partial charge in [-0.25, -0.2) is 0 Å². The molecule has 1 unspecified atom stereocenters. The summed E-state index contributed by atoms with van der Waals surface area (Å²) in [6, 6.07) is 0. The van der Waals surface area contributed by atoms with E-state index < -0.39 is 4.87 Å². The molecule has 0 aromatic carbocycles. The molecule has 0 fully saturated rings. The van der Waals surface area contributed by atoms with Gasteiger partial charge in [-0.2, -0.15) is 0 Å². The summed E-state index contributed by atoms with van der Waals surface area (Å²) in [6.07, 6.45) is 5.68. The highest BCUT2D eigenvalue weighted by molar-refractivity contribution is 6.43. The molecule has 0 spiro atoms. The largest absolute Gasteiger partial charge is 0.493 e. The van der Waals surface area contributed by atoms with Crippen LogP contribution in [0, 0.1) is 0 Å². The SMILES string of the molecule is CCCCC1=C(OC(C)C)C(Cl)(CCCC)C1=O. The van der Waals surface area contributed by atoms with Crippen molar-refractivity contribution in [1.29, 1.82) is 0 Å². The van der Waals surface area contributed by atoms with Crippen molar-refractivity contribution >= 4 is 17.4 Å². The average molecular weight is 273 g/mol. The van der Waals surface area contributed by atoms with Gasteiger partial charge in [0.05, 0.1) is 6.10 Å². The van der Waals surface area contributed by atoms with Crippen LogP contribution in [0.15, 0.2) is 11.3 Å². The molecule has 0 N–H and O–H groups in total. The molecular formula is C15H25ClO2. The standard InChI is InChI=1S/C15H25ClO2/c1-5-7-9-12-13(17)15(16,10-8-6-2)14(12)18-11(3)4/h11H,5-10H2,1-4H3. The van der Waals surface area contributed by atoms with Crippen LogP contribution in [0.3, 0.4) is 0 Å². The number of allylic oxidation sites excluding steroid dienone is 2. The summed E-state index contributed by atoms with van der Waals surface area (Å²) in [5.41, 5.74) is 0.830. The lowest BCUT2D eigenvalue weighted by atomic mass is 9.76. The van der Waals surface area contributed by atoms with Gasteiger partial charge in [-0.05, 0) is 33.1 Å². The normalized spacial score (nSPS) is 23.6. The van der Waals surface area contributed by atoms with Crippen molar-refractivity contribution in [3.05, 3.63) is 11.3 Å². The zero-order valence-electron chi connectivity index (χ0n) is 12.0. The third-order valence-corrected chi connectivity index (χ3v) is 3.81. The van der Waals surface area contributed by atoms with Gasteiger partial charge >= 0.3 is 0 Å². The fourth-order valence-electron chi connectivity index (χ4n) is 2.25. The molecule has 0 bridgehead atoms. The van der Waals surface area contributed by atoms with Crippen LogP contribution in [0.25, 0.3) is 0 Å². The predicted molar refractivity (Wildman–Crippen MR) is 75.9 cm³/mol. The molecule has 0 aromatic heterocycles. The summed E-state index contributed by atoms with van der Waals surface area (Å²) in [5.74, 6) is 0.854. The van der Waals surface area contributed by atoms with Crippen LogP contribution in [-0.2, 0) is 9.53 Å². The number of alkyl halides is 1. The number of carbonyl (C=O) groups excluding carboxylic acids is 1. The van der Waals surface area contributed by atoms with Gasteiger partial charge in [-0.1, -0.05) is 33.1 Å². The van der Waals surface area contributed by atoms with E-state index in [4.69, 9.17) is 16.3 Å². The van der Waals surface area contributed by atoms with Crippen LogP contribution >= 0.6 is 11.6 Å². The number of halogens is 1. The molecule has 1 aliphatic rings. The van der Waals surface area contributed by atoms with E-state index in [1.165, 1.54) is 0 Å². The van der Waals surface area contributed by atoms with E-state index in [2.05, 4.69) is 13.8 Å². The summed E-state index contributed by atoms with van der Waals surface area (Å²) in [7, 11) is 0. The van der Waals surface area contributed by atoms with E-state index in [0.717, 1.165) is 43.4 Å². The molecule has 0 saturated carbocycles. The molecule has 0 saturated heterocycles. The molecule has 0 aromatic rings. The third-order valence-electron chi connectivity index (χ3n) is 3.28. The maximum Gasteiger partial charge on any atom is 0.190 e. The van der Waals surface area contributed by atoms with E-state index in [1.54, 1.807) is 0 Å². The Bertz CT molecular complexity index is 333. The lowest BCUT2D eigenvalue weighted by Crippen LogP contribution is -2.48. The van der Waals surface area contributed by atoms with Gasteiger partial charge in [-0.3, -0.25) is 4.79 Å². The summed E-state index contributed by atoms with van der Waals surface area (Å²) < 4.78 is 5.81. The Morgan fingerprint density at radius 1 is 1.22 bits per heavy atom. The van der Waals surface area contributed by atoms with E-state index in [1.807, 2.05) is 13.8 Å². The Kier molecular flexibility index (Phi) is 5.71. The van der Waals surface area contributed by atoms with E-state index in [-0.39, 0.29) is 11.9 Å². The van der Waals surface area contributed by atoms with Gasteiger partial charge in [-0.15, -0.1) is 11.6 Å². The van der Waals surface area contributed by atoms with E-state index in [0.29, 0.717) is 6.42 Å². The molecule has 0 amide bonds. The smallest absolute Gasteiger partial charge is 0.190 e. The topological polar surface area (TPSA) is 26.3 Å². The van der Waals surface area contributed by atoms with Crippen molar-refractivity contribution < 1.29 is 9.53 Å².